The van der Waals surface area contributed by atoms with E-state index in [1.165, 1.54) is 51.9 Å². The predicted molar refractivity (Wildman–Crippen MR) is 107 cm³/mol. The SMILES string of the molecule is CCSC(C)OC1CC(N(CC)CC2CCN(C(C)(C)C)CC2)C1. The number of hydrogen-bond acceptors (Lipinski definition) is 4. The van der Waals surface area contributed by atoms with Gasteiger partial charge in [0.25, 0.3) is 0 Å². The zero-order chi connectivity index (χ0) is 17.7. The summed E-state index contributed by atoms with van der Waals surface area (Å²) in [5, 5.41) is 0. The number of ether oxygens (including phenoxy) is 1. The van der Waals surface area contributed by atoms with E-state index in [9.17, 15) is 0 Å². The third kappa shape index (κ3) is 5.89. The standard InChI is InChI=1S/C20H40N2OS/c1-7-21(18-13-19(14-18)23-16(3)24-8-2)15-17-9-11-22(12-10-17)20(4,5)6/h16-19H,7-15H2,1-6H3. The molecular formula is C20H40N2OS. The first-order valence-electron chi connectivity index (χ1n) is 10.1. The minimum Gasteiger partial charge on any atom is -0.365 e. The Balaban J connectivity index is 1.69. The van der Waals surface area contributed by atoms with Crippen LogP contribution in [0.3, 0.4) is 0 Å². The second-order valence-electron chi connectivity index (χ2n) is 8.60. The Bertz CT molecular complexity index is 357. The topological polar surface area (TPSA) is 15.7 Å². The summed E-state index contributed by atoms with van der Waals surface area (Å²) >= 11 is 1.91. The van der Waals surface area contributed by atoms with Crippen LogP contribution in [0, 0.1) is 5.92 Å². The van der Waals surface area contributed by atoms with Gasteiger partial charge in [-0.3, -0.25) is 4.90 Å². The number of piperidine rings is 1. The van der Waals surface area contributed by atoms with Crippen LogP contribution in [0.4, 0.5) is 0 Å². The molecule has 0 aromatic rings. The van der Waals surface area contributed by atoms with E-state index in [1.54, 1.807) is 0 Å². The molecule has 0 bridgehead atoms. The maximum absolute atomic E-state index is 6.12. The van der Waals surface area contributed by atoms with Gasteiger partial charge in [0.2, 0.25) is 0 Å². The van der Waals surface area contributed by atoms with Crippen LogP contribution in [0.25, 0.3) is 0 Å². The van der Waals surface area contributed by atoms with Crippen LogP contribution in [-0.2, 0) is 4.74 Å². The third-order valence-electron chi connectivity index (χ3n) is 5.83. The first kappa shape index (κ1) is 20.5. The van der Waals surface area contributed by atoms with Gasteiger partial charge in [-0.25, -0.2) is 0 Å². The lowest BCUT2D eigenvalue weighted by atomic mass is 9.86. The van der Waals surface area contributed by atoms with E-state index >= 15 is 0 Å². The number of likely N-dealkylation sites (tertiary alicyclic amines) is 1. The van der Waals surface area contributed by atoms with Crippen molar-refractivity contribution in [2.24, 2.45) is 5.92 Å². The van der Waals surface area contributed by atoms with E-state index in [2.05, 4.69) is 51.3 Å². The van der Waals surface area contributed by atoms with Crippen molar-refractivity contribution in [2.75, 3.05) is 31.9 Å². The molecule has 4 heteroatoms. The monoisotopic (exact) mass is 356 g/mol. The Morgan fingerprint density at radius 2 is 1.79 bits per heavy atom. The molecule has 0 N–H and O–H groups in total. The van der Waals surface area contributed by atoms with E-state index < -0.39 is 0 Å². The van der Waals surface area contributed by atoms with Gasteiger partial charge in [0.05, 0.1) is 6.10 Å². The fraction of sp³-hybridized carbons (Fsp3) is 1.00. The largest absolute Gasteiger partial charge is 0.365 e. The summed E-state index contributed by atoms with van der Waals surface area (Å²) in [5.74, 6) is 2.03. The maximum Gasteiger partial charge on any atom is 0.100 e. The molecule has 24 heavy (non-hydrogen) atoms. The van der Waals surface area contributed by atoms with Crippen LogP contribution < -0.4 is 0 Å². The second-order valence-corrected chi connectivity index (χ2v) is 10.2. The molecule has 0 radical (unpaired) electrons. The van der Waals surface area contributed by atoms with Gasteiger partial charge in [0, 0.05) is 18.1 Å². The first-order chi connectivity index (χ1) is 11.3. The summed E-state index contributed by atoms with van der Waals surface area (Å²) in [7, 11) is 0. The molecule has 1 aliphatic carbocycles. The van der Waals surface area contributed by atoms with Gasteiger partial charge in [-0.15, -0.1) is 11.8 Å². The van der Waals surface area contributed by atoms with Crippen LogP contribution >= 0.6 is 11.8 Å². The summed E-state index contributed by atoms with van der Waals surface area (Å²) in [4.78, 5) is 5.38. The van der Waals surface area contributed by atoms with Gasteiger partial charge in [-0.1, -0.05) is 13.8 Å². The zero-order valence-electron chi connectivity index (χ0n) is 16.9. The molecule has 0 aromatic carbocycles. The molecule has 2 aliphatic rings. The molecule has 0 aromatic heterocycles. The summed E-state index contributed by atoms with van der Waals surface area (Å²) in [6.07, 6.45) is 5.71. The molecule has 1 saturated heterocycles. The molecule has 1 heterocycles. The maximum atomic E-state index is 6.12. The van der Waals surface area contributed by atoms with Gasteiger partial charge in [-0.05, 0) is 84.7 Å². The number of thioether (sulfide) groups is 1. The highest BCUT2D eigenvalue weighted by atomic mass is 32.2. The van der Waals surface area contributed by atoms with Crippen molar-refractivity contribution in [2.45, 2.75) is 90.3 Å². The quantitative estimate of drug-likeness (QED) is 0.596. The zero-order valence-corrected chi connectivity index (χ0v) is 17.7. The normalized spacial score (nSPS) is 28.1. The molecule has 0 amide bonds. The minimum atomic E-state index is 0.334. The Kier molecular flexibility index (Phi) is 7.92. The highest BCUT2D eigenvalue weighted by molar-refractivity contribution is 7.99. The van der Waals surface area contributed by atoms with Crippen molar-refractivity contribution in [3.8, 4) is 0 Å². The van der Waals surface area contributed by atoms with Crippen LogP contribution in [0.2, 0.25) is 0 Å². The molecule has 1 unspecified atom stereocenters. The number of rotatable bonds is 8. The van der Waals surface area contributed by atoms with Gasteiger partial charge >= 0.3 is 0 Å². The Morgan fingerprint density at radius 1 is 1.17 bits per heavy atom. The Hall–Kier alpha value is 0.230. The molecule has 0 spiro atoms. The molecule has 3 nitrogen and oxygen atoms in total. The molecule has 142 valence electrons. The smallest absolute Gasteiger partial charge is 0.100 e. The summed E-state index contributed by atoms with van der Waals surface area (Å²) in [6, 6.07) is 0.763. The van der Waals surface area contributed by atoms with Crippen LogP contribution in [0.15, 0.2) is 0 Å². The molecule has 2 fully saturated rings. The molecule has 1 atom stereocenters. The van der Waals surface area contributed by atoms with Gasteiger partial charge in [0.15, 0.2) is 0 Å². The molecular weight excluding hydrogens is 316 g/mol. The van der Waals surface area contributed by atoms with E-state index in [-0.39, 0.29) is 0 Å². The fourth-order valence-electron chi connectivity index (χ4n) is 4.15. The Labute approximate surface area is 154 Å². The highest BCUT2D eigenvalue weighted by Gasteiger charge is 2.36. The molecule has 1 saturated carbocycles. The van der Waals surface area contributed by atoms with Crippen LogP contribution in [-0.4, -0.2) is 64.9 Å². The van der Waals surface area contributed by atoms with Crippen molar-refractivity contribution in [3.63, 3.8) is 0 Å². The van der Waals surface area contributed by atoms with E-state index in [0.717, 1.165) is 17.7 Å². The highest BCUT2D eigenvalue weighted by Crippen LogP contribution is 2.33. The van der Waals surface area contributed by atoms with Gasteiger partial charge in [-0.2, -0.15) is 0 Å². The lowest BCUT2D eigenvalue weighted by Crippen LogP contribution is -2.52. The Morgan fingerprint density at radius 3 is 2.29 bits per heavy atom. The average Bonchev–Trinajstić information content (AvgIpc) is 2.48. The average molecular weight is 357 g/mol. The predicted octanol–water partition coefficient (Wildman–Crippen LogP) is 4.47. The van der Waals surface area contributed by atoms with Crippen LogP contribution in [0.5, 0.6) is 0 Å². The first-order valence-corrected chi connectivity index (χ1v) is 11.1. The number of nitrogens with zero attached hydrogens (tertiary/aromatic N) is 2. The van der Waals surface area contributed by atoms with Crippen molar-refractivity contribution in [1.29, 1.82) is 0 Å². The summed E-state index contributed by atoms with van der Waals surface area (Å²) in [5.41, 5.74) is 0.693. The number of hydrogen-bond donors (Lipinski definition) is 0. The van der Waals surface area contributed by atoms with E-state index in [0.29, 0.717) is 17.1 Å². The van der Waals surface area contributed by atoms with Crippen molar-refractivity contribution in [3.05, 3.63) is 0 Å². The van der Waals surface area contributed by atoms with Gasteiger partial charge in [0.1, 0.15) is 5.44 Å². The lowest BCUT2D eigenvalue weighted by Gasteiger charge is -2.46. The lowest BCUT2D eigenvalue weighted by molar-refractivity contribution is -0.0606. The summed E-state index contributed by atoms with van der Waals surface area (Å²) < 4.78 is 6.12. The third-order valence-corrected chi connectivity index (χ3v) is 6.75. The van der Waals surface area contributed by atoms with Crippen molar-refractivity contribution in [1.82, 2.24) is 9.80 Å². The van der Waals surface area contributed by atoms with Crippen LogP contribution in [0.1, 0.15) is 67.2 Å². The van der Waals surface area contributed by atoms with Crippen molar-refractivity contribution < 1.29 is 4.74 Å². The second kappa shape index (κ2) is 9.25. The molecule has 2 rings (SSSR count). The minimum absolute atomic E-state index is 0.334. The van der Waals surface area contributed by atoms with E-state index in [1.807, 2.05) is 11.8 Å². The van der Waals surface area contributed by atoms with Gasteiger partial charge < -0.3 is 9.64 Å². The van der Waals surface area contributed by atoms with E-state index in [4.69, 9.17) is 4.74 Å². The van der Waals surface area contributed by atoms with Crippen molar-refractivity contribution >= 4 is 11.8 Å². The summed E-state index contributed by atoms with van der Waals surface area (Å²) in [6.45, 7) is 18.8. The fourth-order valence-corrected chi connectivity index (χ4v) is 4.85. The molecule has 1 aliphatic heterocycles.